The third kappa shape index (κ3) is 4.38. The fourth-order valence-electron chi connectivity index (χ4n) is 4.69. The molecule has 0 spiro atoms. The largest absolute Gasteiger partial charge is 0.495 e. The van der Waals surface area contributed by atoms with E-state index >= 15 is 0 Å². The van der Waals surface area contributed by atoms with Gasteiger partial charge in [-0.3, -0.25) is 9.59 Å². The van der Waals surface area contributed by atoms with Crippen LogP contribution in [0.15, 0.2) is 65.0 Å². The quantitative estimate of drug-likeness (QED) is 0.620. The molecule has 4 rings (SSSR count). The number of dihydropyridines is 1. The molecule has 2 N–H and O–H groups in total. The number of ether oxygens (including phenoxy) is 3. The van der Waals surface area contributed by atoms with Gasteiger partial charge in [0.15, 0.2) is 17.3 Å². The topological polar surface area (TPSA) is 85.9 Å². The SMILES string of the molecule is CCOc1ccc(C2C(C(=O)Nc3ccccc3OC)=C(C)NC3=C2C(=O)CCC3)cc1OC. The van der Waals surface area contributed by atoms with Crippen LogP contribution >= 0.6 is 0 Å². The van der Waals surface area contributed by atoms with Gasteiger partial charge in [0.2, 0.25) is 0 Å². The smallest absolute Gasteiger partial charge is 0.254 e. The van der Waals surface area contributed by atoms with Crippen LogP contribution in [0.2, 0.25) is 0 Å². The van der Waals surface area contributed by atoms with Gasteiger partial charge in [-0.1, -0.05) is 18.2 Å². The number of anilines is 1. The minimum absolute atomic E-state index is 0.0571. The number of ketones is 1. The lowest BCUT2D eigenvalue weighted by atomic mass is 9.75. The zero-order valence-electron chi connectivity index (χ0n) is 20.0. The number of carbonyl (C=O) groups excluding carboxylic acids is 2. The summed E-state index contributed by atoms with van der Waals surface area (Å²) < 4.78 is 16.6. The van der Waals surface area contributed by atoms with Crippen molar-refractivity contribution in [1.29, 1.82) is 0 Å². The standard InChI is InChI=1S/C27H30N2O5/c1-5-34-22-14-13-17(15-23(22)33-4)25-24(16(2)28-19-10-8-11-20(30)26(19)25)27(31)29-18-9-6-7-12-21(18)32-3/h6-7,9,12-15,25,28H,5,8,10-11H2,1-4H3,(H,29,31). The van der Waals surface area contributed by atoms with Gasteiger partial charge in [0.05, 0.1) is 26.5 Å². The minimum atomic E-state index is -0.525. The molecule has 0 bridgehead atoms. The Labute approximate surface area is 199 Å². The molecule has 34 heavy (non-hydrogen) atoms. The maximum Gasteiger partial charge on any atom is 0.254 e. The van der Waals surface area contributed by atoms with Gasteiger partial charge < -0.3 is 24.8 Å². The fourth-order valence-corrected chi connectivity index (χ4v) is 4.69. The van der Waals surface area contributed by atoms with E-state index in [1.54, 1.807) is 26.4 Å². The Morgan fingerprint density at radius 3 is 2.56 bits per heavy atom. The van der Waals surface area contributed by atoms with Gasteiger partial charge in [-0.25, -0.2) is 0 Å². The number of allylic oxidation sites excluding steroid dienone is 3. The van der Waals surface area contributed by atoms with Gasteiger partial charge >= 0.3 is 0 Å². The van der Waals surface area contributed by atoms with Gasteiger partial charge in [0.1, 0.15) is 5.75 Å². The molecule has 1 unspecified atom stereocenters. The molecule has 2 aliphatic rings. The normalized spacial score (nSPS) is 17.6. The number of hydrogen-bond donors (Lipinski definition) is 2. The number of carbonyl (C=O) groups is 2. The van der Waals surface area contributed by atoms with Gasteiger partial charge in [0, 0.05) is 34.9 Å². The Morgan fingerprint density at radius 1 is 1.06 bits per heavy atom. The van der Waals surface area contributed by atoms with E-state index in [9.17, 15) is 9.59 Å². The summed E-state index contributed by atoms with van der Waals surface area (Å²) in [4.78, 5) is 26.8. The number of nitrogens with one attached hydrogen (secondary N) is 2. The summed E-state index contributed by atoms with van der Waals surface area (Å²) >= 11 is 0. The molecule has 0 saturated heterocycles. The van der Waals surface area contributed by atoms with Crippen LogP contribution in [0.1, 0.15) is 44.6 Å². The second-order valence-electron chi connectivity index (χ2n) is 8.26. The lowest BCUT2D eigenvalue weighted by molar-refractivity contribution is -0.116. The molecule has 7 heteroatoms. The molecule has 1 aliphatic carbocycles. The van der Waals surface area contributed by atoms with Crippen molar-refractivity contribution in [3.8, 4) is 17.2 Å². The van der Waals surface area contributed by atoms with Gasteiger partial charge in [0.25, 0.3) is 5.91 Å². The second kappa shape index (κ2) is 10.0. The lowest BCUT2D eigenvalue weighted by Crippen LogP contribution is -2.35. The summed E-state index contributed by atoms with van der Waals surface area (Å²) in [7, 11) is 3.14. The highest BCUT2D eigenvalue weighted by Crippen LogP contribution is 2.44. The van der Waals surface area contributed by atoms with Crippen molar-refractivity contribution < 1.29 is 23.8 Å². The Morgan fingerprint density at radius 2 is 1.82 bits per heavy atom. The third-order valence-electron chi connectivity index (χ3n) is 6.20. The number of hydrogen-bond acceptors (Lipinski definition) is 6. The van der Waals surface area contributed by atoms with Gasteiger partial charge in [-0.05, 0) is 56.5 Å². The molecule has 0 saturated carbocycles. The summed E-state index contributed by atoms with van der Waals surface area (Å²) in [6, 6.07) is 12.8. The predicted octanol–water partition coefficient (Wildman–Crippen LogP) is 4.71. The first-order valence-electron chi connectivity index (χ1n) is 11.5. The molecule has 2 aromatic carbocycles. The zero-order chi connectivity index (χ0) is 24.2. The van der Waals surface area contributed by atoms with Crippen LogP contribution in [0.25, 0.3) is 0 Å². The maximum atomic E-state index is 13.7. The van der Waals surface area contributed by atoms with E-state index in [4.69, 9.17) is 14.2 Å². The molecule has 2 aromatic rings. The summed E-state index contributed by atoms with van der Waals surface area (Å²) in [5.74, 6) is 0.978. The Kier molecular flexibility index (Phi) is 6.91. The number of rotatable bonds is 7. The van der Waals surface area contributed by atoms with Gasteiger partial charge in [-0.15, -0.1) is 0 Å². The molecular weight excluding hydrogens is 432 g/mol. The van der Waals surface area contributed by atoms with E-state index in [-0.39, 0.29) is 11.7 Å². The first kappa shape index (κ1) is 23.4. The molecule has 1 amide bonds. The molecule has 7 nitrogen and oxygen atoms in total. The van der Waals surface area contributed by atoms with Gasteiger partial charge in [-0.2, -0.15) is 0 Å². The zero-order valence-corrected chi connectivity index (χ0v) is 20.0. The molecule has 178 valence electrons. The van der Waals surface area contributed by atoms with E-state index < -0.39 is 5.92 Å². The fraction of sp³-hybridized carbons (Fsp3) is 0.333. The van der Waals surface area contributed by atoms with Crippen molar-refractivity contribution in [3.63, 3.8) is 0 Å². The van der Waals surface area contributed by atoms with Crippen LogP contribution < -0.4 is 24.8 Å². The highest BCUT2D eigenvalue weighted by molar-refractivity contribution is 6.10. The number of para-hydroxylation sites is 2. The summed E-state index contributed by atoms with van der Waals surface area (Å²) in [5, 5.41) is 6.32. The number of benzene rings is 2. The third-order valence-corrected chi connectivity index (χ3v) is 6.20. The molecular formula is C27H30N2O5. The van der Waals surface area contributed by atoms with E-state index in [1.807, 2.05) is 44.2 Å². The average molecular weight is 463 g/mol. The van der Waals surface area contributed by atoms with E-state index in [0.29, 0.717) is 47.1 Å². The van der Waals surface area contributed by atoms with Crippen molar-refractivity contribution in [3.05, 3.63) is 70.6 Å². The number of Topliss-reactive ketones (excluding diaryl/α,β-unsaturated/α-hetero) is 1. The Bertz CT molecular complexity index is 1180. The Balaban J connectivity index is 1.81. The van der Waals surface area contributed by atoms with Crippen LogP contribution in [0.4, 0.5) is 5.69 Å². The molecule has 0 radical (unpaired) electrons. The van der Waals surface area contributed by atoms with E-state index in [2.05, 4.69) is 10.6 Å². The first-order valence-corrected chi connectivity index (χ1v) is 11.5. The lowest BCUT2D eigenvalue weighted by Gasteiger charge is -2.34. The minimum Gasteiger partial charge on any atom is -0.495 e. The van der Waals surface area contributed by atoms with Crippen molar-refractivity contribution in [2.45, 2.75) is 39.0 Å². The molecule has 1 heterocycles. The van der Waals surface area contributed by atoms with Crippen molar-refractivity contribution in [2.75, 3.05) is 26.1 Å². The average Bonchev–Trinajstić information content (AvgIpc) is 2.84. The highest BCUT2D eigenvalue weighted by Gasteiger charge is 2.39. The van der Waals surface area contributed by atoms with Crippen LogP contribution in [0.3, 0.4) is 0 Å². The van der Waals surface area contributed by atoms with Crippen LogP contribution in [-0.4, -0.2) is 32.5 Å². The summed E-state index contributed by atoms with van der Waals surface area (Å²) in [6.07, 6.45) is 2.02. The highest BCUT2D eigenvalue weighted by atomic mass is 16.5. The predicted molar refractivity (Wildman–Crippen MR) is 130 cm³/mol. The summed E-state index contributed by atoms with van der Waals surface area (Å²) in [5.41, 5.74) is 4.11. The van der Waals surface area contributed by atoms with Crippen LogP contribution in [0.5, 0.6) is 17.2 Å². The number of methoxy groups -OCH3 is 2. The first-order chi connectivity index (χ1) is 16.5. The van der Waals surface area contributed by atoms with E-state index in [1.165, 1.54) is 0 Å². The molecule has 0 fully saturated rings. The van der Waals surface area contributed by atoms with Crippen molar-refractivity contribution in [2.24, 2.45) is 0 Å². The van der Waals surface area contributed by atoms with E-state index in [0.717, 1.165) is 29.8 Å². The maximum absolute atomic E-state index is 13.7. The monoisotopic (exact) mass is 462 g/mol. The number of amides is 1. The van der Waals surface area contributed by atoms with Crippen molar-refractivity contribution in [1.82, 2.24) is 5.32 Å². The summed E-state index contributed by atoms with van der Waals surface area (Å²) in [6.45, 7) is 4.28. The molecule has 1 aliphatic heterocycles. The van der Waals surface area contributed by atoms with Crippen LogP contribution in [-0.2, 0) is 9.59 Å². The second-order valence-corrected chi connectivity index (χ2v) is 8.26. The van der Waals surface area contributed by atoms with Crippen molar-refractivity contribution >= 4 is 17.4 Å². The molecule has 0 aromatic heterocycles. The Hall–Kier alpha value is -3.74. The molecule has 1 atom stereocenters. The van der Waals surface area contributed by atoms with Crippen LogP contribution in [0, 0.1) is 0 Å².